The first-order valence-electron chi connectivity index (χ1n) is 4.72. The van der Waals surface area contributed by atoms with E-state index in [4.69, 9.17) is 0 Å². The Morgan fingerprint density at radius 3 is 3.07 bits per heavy atom. The molecular formula is C10H9FN4. The summed E-state index contributed by atoms with van der Waals surface area (Å²) >= 11 is 0. The normalized spacial score (nSPS) is 14.2. The van der Waals surface area contributed by atoms with E-state index in [0.717, 1.165) is 18.8 Å². The topological polar surface area (TPSA) is 42.7 Å². The second kappa shape index (κ2) is 3.13. The third-order valence-electron chi connectivity index (χ3n) is 2.44. The van der Waals surface area contributed by atoms with E-state index < -0.39 is 0 Å². The maximum atomic E-state index is 12.9. The van der Waals surface area contributed by atoms with Gasteiger partial charge in [0.15, 0.2) is 0 Å². The fourth-order valence-corrected chi connectivity index (χ4v) is 1.72. The molecule has 2 aromatic rings. The zero-order chi connectivity index (χ0) is 10.3. The summed E-state index contributed by atoms with van der Waals surface area (Å²) in [5.41, 5.74) is 2.85. The highest BCUT2D eigenvalue weighted by atomic mass is 19.1. The van der Waals surface area contributed by atoms with Crippen molar-refractivity contribution in [3.8, 4) is 5.69 Å². The average Bonchev–Trinajstić information content (AvgIpc) is 2.76. The number of aromatic nitrogens is 3. The quantitative estimate of drug-likeness (QED) is 0.753. The Morgan fingerprint density at radius 1 is 1.33 bits per heavy atom. The molecule has 1 aliphatic rings. The van der Waals surface area contributed by atoms with Crippen LogP contribution in [0.25, 0.3) is 5.69 Å². The van der Waals surface area contributed by atoms with Crippen molar-refractivity contribution in [3.05, 3.63) is 41.7 Å². The predicted molar refractivity (Wildman–Crippen MR) is 51.9 cm³/mol. The van der Waals surface area contributed by atoms with Crippen molar-refractivity contribution in [2.24, 2.45) is 0 Å². The van der Waals surface area contributed by atoms with Gasteiger partial charge in [-0.1, -0.05) is 0 Å². The molecule has 0 bridgehead atoms. The summed E-state index contributed by atoms with van der Waals surface area (Å²) in [6.45, 7) is 1.61. The SMILES string of the molecule is Fc1cncc(-n2cc3c(n2)CNC3)c1. The van der Waals surface area contributed by atoms with E-state index in [2.05, 4.69) is 15.4 Å². The van der Waals surface area contributed by atoms with Crippen LogP contribution < -0.4 is 5.32 Å². The molecule has 0 aliphatic carbocycles. The predicted octanol–water partition coefficient (Wildman–Crippen LogP) is 1.01. The van der Waals surface area contributed by atoms with Gasteiger partial charge in [-0.2, -0.15) is 5.10 Å². The minimum atomic E-state index is -0.346. The average molecular weight is 204 g/mol. The molecular weight excluding hydrogens is 195 g/mol. The number of pyridine rings is 1. The summed E-state index contributed by atoms with van der Waals surface area (Å²) in [5, 5.41) is 7.54. The molecule has 0 spiro atoms. The van der Waals surface area contributed by atoms with Gasteiger partial charge >= 0.3 is 0 Å². The van der Waals surface area contributed by atoms with Crippen LogP contribution in [-0.2, 0) is 13.1 Å². The Labute approximate surface area is 85.8 Å². The van der Waals surface area contributed by atoms with Crippen molar-refractivity contribution in [3.63, 3.8) is 0 Å². The van der Waals surface area contributed by atoms with Crippen LogP contribution in [0.1, 0.15) is 11.3 Å². The Bertz CT molecular complexity index is 484. The van der Waals surface area contributed by atoms with Gasteiger partial charge in [-0.15, -0.1) is 0 Å². The molecule has 0 aromatic carbocycles. The maximum absolute atomic E-state index is 12.9. The number of nitrogens with one attached hydrogen (secondary N) is 1. The Hall–Kier alpha value is -1.75. The van der Waals surface area contributed by atoms with Crippen LogP contribution in [0.2, 0.25) is 0 Å². The molecule has 0 unspecified atom stereocenters. The maximum Gasteiger partial charge on any atom is 0.143 e. The third kappa shape index (κ3) is 1.41. The van der Waals surface area contributed by atoms with E-state index in [1.165, 1.54) is 17.8 Å². The molecule has 0 saturated heterocycles. The minimum Gasteiger partial charge on any atom is -0.307 e. The first-order valence-corrected chi connectivity index (χ1v) is 4.72. The van der Waals surface area contributed by atoms with Gasteiger partial charge in [0.1, 0.15) is 5.82 Å². The van der Waals surface area contributed by atoms with Crippen molar-refractivity contribution >= 4 is 0 Å². The number of hydrogen-bond acceptors (Lipinski definition) is 3. The number of fused-ring (bicyclic) bond motifs is 1. The first-order chi connectivity index (χ1) is 7.33. The van der Waals surface area contributed by atoms with Crippen LogP contribution in [0.15, 0.2) is 24.7 Å². The van der Waals surface area contributed by atoms with Crippen LogP contribution in [0.5, 0.6) is 0 Å². The van der Waals surface area contributed by atoms with Gasteiger partial charge in [0.2, 0.25) is 0 Å². The highest BCUT2D eigenvalue weighted by Gasteiger charge is 2.15. The van der Waals surface area contributed by atoms with Crippen LogP contribution >= 0.6 is 0 Å². The number of nitrogens with zero attached hydrogens (tertiary/aromatic N) is 3. The molecule has 0 amide bonds. The van der Waals surface area contributed by atoms with Gasteiger partial charge in [0.05, 0.1) is 23.8 Å². The van der Waals surface area contributed by atoms with Crippen LogP contribution in [0, 0.1) is 5.82 Å². The summed E-state index contributed by atoms with van der Waals surface area (Å²) in [6.07, 6.45) is 4.69. The zero-order valence-corrected chi connectivity index (χ0v) is 7.94. The van der Waals surface area contributed by atoms with E-state index in [1.54, 1.807) is 10.9 Å². The monoisotopic (exact) mass is 204 g/mol. The smallest absolute Gasteiger partial charge is 0.143 e. The molecule has 3 heterocycles. The fraction of sp³-hybridized carbons (Fsp3) is 0.200. The first kappa shape index (κ1) is 8.55. The van der Waals surface area contributed by atoms with Gasteiger partial charge in [0, 0.05) is 30.9 Å². The van der Waals surface area contributed by atoms with Crippen LogP contribution in [0.3, 0.4) is 0 Å². The van der Waals surface area contributed by atoms with Crippen molar-refractivity contribution in [1.29, 1.82) is 0 Å². The third-order valence-corrected chi connectivity index (χ3v) is 2.44. The summed E-state index contributed by atoms with van der Waals surface area (Å²) in [7, 11) is 0. The van der Waals surface area contributed by atoms with Crippen LogP contribution in [0.4, 0.5) is 4.39 Å². The van der Waals surface area contributed by atoms with E-state index >= 15 is 0 Å². The molecule has 4 nitrogen and oxygen atoms in total. The lowest BCUT2D eigenvalue weighted by atomic mass is 10.3. The summed E-state index contributed by atoms with van der Waals surface area (Å²) in [4.78, 5) is 3.79. The van der Waals surface area contributed by atoms with Gasteiger partial charge < -0.3 is 5.32 Å². The van der Waals surface area contributed by atoms with Gasteiger partial charge in [-0.3, -0.25) is 4.98 Å². The van der Waals surface area contributed by atoms with Crippen molar-refractivity contribution in [2.75, 3.05) is 0 Å². The minimum absolute atomic E-state index is 0.346. The Kier molecular flexibility index (Phi) is 1.78. The Balaban J connectivity index is 2.06. The molecule has 76 valence electrons. The molecule has 0 fully saturated rings. The van der Waals surface area contributed by atoms with E-state index in [1.807, 2.05) is 6.20 Å². The fourth-order valence-electron chi connectivity index (χ4n) is 1.72. The lowest BCUT2D eigenvalue weighted by Crippen LogP contribution is -2.05. The summed E-state index contributed by atoms with van der Waals surface area (Å²) in [6, 6.07) is 1.42. The molecule has 1 aliphatic heterocycles. The van der Waals surface area contributed by atoms with Crippen molar-refractivity contribution in [2.45, 2.75) is 13.1 Å². The zero-order valence-electron chi connectivity index (χ0n) is 7.94. The summed E-state index contributed by atoms with van der Waals surface area (Å²) < 4.78 is 14.6. The number of hydrogen-bond donors (Lipinski definition) is 1. The second-order valence-corrected chi connectivity index (χ2v) is 3.51. The molecule has 15 heavy (non-hydrogen) atoms. The molecule has 3 rings (SSSR count). The lowest BCUT2D eigenvalue weighted by Gasteiger charge is -2.00. The van der Waals surface area contributed by atoms with Gasteiger partial charge in [-0.25, -0.2) is 9.07 Å². The Morgan fingerprint density at radius 2 is 2.27 bits per heavy atom. The van der Waals surface area contributed by atoms with Gasteiger partial charge in [-0.05, 0) is 0 Å². The van der Waals surface area contributed by atoms with E-state index in [9.17, 15) is 4.39 Å². The van der Waals surface area contributed by atoms with Crippen LogP contribution in [-0.4, -0.2) is 14.8 Å². The molecule has 0 radical (unpaired) electrons. The molecule has 5 heteroatoms. The molecule has 1 N–H and O–H groups in total. The number of halogens is 1. The largest absolute Gasteiger partial charge is 0.307 e. The molecule has 2 aromatic heterocycles. The number of rotatable bonds is 1. The second-order valence-electron chi connectivity index (χ2n) is 3.51. The highest BCUT2D eigenvalue weighted by Crippen LogP contribution is 2.16. The molecule has 0 atom stereocenters. The highest BCUT2D eigenvalue weighted by molar-refractivity contribution is 5.31. The summed E-state index contributed by atoms with van der Waals surface area (Å²) in [5.74, 6) is -0.346. The molecule has 0 saturated carbocycles. The lowest BCUT2D eigenvalue weighted by molar-refractivity contribution is 0.617. The van der Waals surface area contributed by atoms with Crippen molar-refractivity contribution < 1.29 is 4.39 Å². The standard InChI is InChI=1S/C10H9FN4/c11-8-1-9(4-13-3-8)15-6-7-2-12-5-10(7)14-15/h1,3-4,6,12H,2,5H2. The van der Waals surface area contributed by atoms with E-state index in [-0.39, 0.29) is 5.82 Å². The van der Waals surface area contributed by atoms with E-state index in [0.29, 0.717) is 5.69 Å². The van der Waals surface area contributed by atoms with Crippen molar-refractivity contribution in [1.82, 2.24) is 20.1 Å². The van der Waals surface area contributed by atoms with Gasteiger partial charge in [0.25, 0.3) is 0 Å².